The SMILES string of the molecule is COc1cc(C(=O)Nc2ccc(OCCCC(=O)O)cc2)ccc1OC(C)C. The van der Waals surface area contributed by atoms with Crippen molar-refractivity contribution in [3.63, 3.8) is 0 Å². The summed E-state index contributed by atoms with van der Waals surface area (Å²) in [6.07, 6.45) is 0.503. The molecular weight excluding hydrogens is 362 g/mol. The fourth-order valence-corrected chi connectivity index (χ4v) is 2.41. The fraction of sp³-hybridized carbons (Fsp3) is 0.333. The third-order valence-corrected chi connectivity index (χ3v) is 3.70. The summed E-state index contributed by atoms with van der Waals surface area (Å²) in [5, 5.41) is 11.4. The molecule has 0 atom stereocenters. The molecule has 0 saturated heterocycles. The predicted octanol–water partition coefficient (Wildman–Crippen LogP) is 3.98. The van der Waals surface area contributed by atoms with Crippen molar-refractivity contribution in [3.05, 3.63) is 48.0 Å². The second-order valence-corrected chi connectivity index (χ2v) is 6.36. The first kappa shape index (κ1) is 21.1. The Morgan fingerprint density at radius 2 is 1.79 bits per heavy atom. The van der Waals surface area contributed by atoms with E-state index < -0.39 is 5.97 Å². The molecular formula is C21H25NO6. The number of methoxy groups -OCH3 is 1. The number of carboxylic acids is 1. The van der Waals surface area contributed by atoms with E-state index in [9.17, 15) is 9.59 Å². The maximum atomic E-state index is 12.5. The Morgan fingerprint density at radius 3 is 2.39 bits per heavy atom. The van der Waals surface area contributed by atoms with E-state index in [0.29, 0.717) is 41.5 Å². The van der Waals surface area contributed by atoms with E-state index in [4.69, 9.17) is 19.3 Å². The molecule has 2 aromatic rings. The van der Waals surface area contributed by atoms with Crippen LogP contribution in [0.1, 0.15) is 37.0 Å². The van der Waals surface area contributed by atoms with Crippen molar-refractivity contribution in [2.75, 3.05) is 19.0 Å². The number of hydrogen-bond acceptors (Lipinski definition) is 5. The Bertz CT molecular complexity index is 801. The molecule has 0 fully saturated rings. The smallest absolute Gasteiger partial charge is 0.303 e. The number of anilines is 1. The van der Waals surface area contributed by atoms with Gasteiger partial charge >= 0.3 is 5.97 Å². The number of ether oxygens (including phenoxy) is 3. The molecule has 0 spiro atoms. The normalized spacial score (nSPS) is 10.4. The van der Waals surface area contributed by atoms with Crippen LogP contribution < -0.4 is 19.5 Å². The topological polar surface area (TPSA) is 94.1 Å². The molecule has 0 aliphatic heterocycles. The average Bonchev–Trinajstić information content (AvgIpc) is 2.66. The Labute approximate surface area is 164 Å². The maximum absolute atomic E-state index is 12.5. The molecule has 2 aromatic carbocycles. The molecule has 0 saturated carbocycles. The highest BCUT2D eigenvalue weighted by molar-refractivity contribution is 6.04. The minimum Gasteiger partial charge on any atom is -0.494 e. The van der Waals surface area contributed by atoms with Crippen LogP contribution in [0, 0.1) is 0 Å². The first-order chi connectivity index (χ1) is 13.4. The predicted molar refractivity (Wildman–Crippen MR) is 106 cm³/mol. The molecule has 2 N–H and O–H groups in total. The monoisotopic (exact) mass is 387 g/mol. The third-order valence-electron chi connectivity index (χ3n) is 3.70. The highest BCUT2D eigenvalue weighted by Crippen LogP contribution is 2.29. The van der Waals surface area contributed by atoms with Gasteiger partial charge in [-0.25, -0.2) is 0 Å². The number of hydrogen-bond donors (Lipinski definition) is 2. The Kier molecular flexibility index (Phi) is 7.68. The molecule has 28 heavy (non-hydrogen) atoms. The van der Waals surface area contributed by atoms with Gasteiger partial charge in [-0.3, -0.25) is 9.59 Å². The molecule has 7 nitrogen and oxygen atoms in total. The Hall–Kier alpha value is -3.22. The van der Waals surface area contributed by atoms with E-state index in [0.717, 1.165) is 0 Å². The lowest BCUT2D eigenvalue weighted by Gasteiger charge is -2.14. The van der Waals surface area contributed by atoms with Crippen molar-refractivity contribution >= 4 is 17.6 Å². The first-order valence-corrected chi connectivity index (χ1v) is 8.99. The number of carbonyl (C=O) groups excluding carboxylic acids is 1. The number of rotatable bonds is 10. The van der Waals surface area contributed by atoms with Crippen LogP contribution in [-0.4, -0.2) is 36.8 Å². The van der Waals surface area contributed by atoms with Crippen LogP contribution >= 0.6 is 0 Å². The van der Waals surface area contributed by atoms with E-state index in [-0.39, 0.29) is 18.4 Å². The molecule has 0 aromatic heterocycles. The second-order valence-electron chi connectivity index (χ2n) is 6.36. The van der Waals surface area contributed by atoms with Crippen molar-refractivity contribution in [2.45, 2.75) is 32.8 Å². The zero-order valence-electron chi connectivity index (χ0n) is 16.2. The summed E-state index contributed by atoms with van der Waals surface area (Å²) in [7, 11) is 1.53. The van der Waals surface area contributed by atoms with Gasteiger partial charge < -0.3 is 24.6 Å². The molecule has 1 amide bonds. The van der Waals surface area contributed by atoms with E-state index in [2.05, 4.69) is 5.32 Å². The van der Waals surface area contributed by atoms with Gasteiger partial charge in [-0.1, -0.05) is 0 Å². The lowest BCUT2D eigenvalue weighted by molar-refractivity contribution is -0.137. The number of amides is 1. The minimum atomic E-state index is -0.845. The zero-order chi connectivity index (χ0) is 20.5. The number of nitrogens with one attached hydrogen (secondary N) is 1. The number of carbonyl (C=O) groups is 2. The van der Waals surface area contributed by atoms with Gasteiger partial charge in [0, 0.05) is 17.7 Å². The van der Waals surface area contributed by atoms with Crippen molar-refractivity contribution in [1.29, 1.82) is 0 Å². The molecule has 150 valence electrons. The van der Waals surface area contributed by atoms with Gasteiger partial charge in [0.1, 0.15) is 5.75 Å². The van der Waals surface area contributed by atoms with Crippen molar-refractivity contribution in [1.82, 2.24) is 0 Å². The Balaban J connectivity index is 1.96. The number of carboxylic acid groups (broad SMARTS) is 1. The van der Waals surface area contributed by atoms with Gasteiger partial charge in [0.2, 0.25) is 0 Å². The van der Waals surface area contributed by atoms with Crippen molar-refractivity contribution in [3.8, 4) is 17.2 Å². The second kappa shape index (κ2) is 10.2. The van der Waals surface area contributed by atoms with Crippen LogP contribution in [0.25, 0.3) is 0 Å². The summed E-state index contributed by atoms with van der Waals surface area (Å²) in [6, 6.07) is 11.9. The summed E-state index contributed by atoms with van der Waals surface area (Å²) >= 11 is 0. The Morgan fingerprint density at radius 1 is 1.07 bits per heavy atom. The summed E-state index contributed by atoms with van der Waals surface area (Å²) in [5.41, 5.74) is 1.06. The first-order valence-electron chi connectivity index (χ1n) is 8.99. The van der Waals surface area contributed by atoms with E-state index in [1.807, 2.05) is 13.8 Å². The molecule has 0 aliphatic rings. The number of aliphatic carboxylic acids is 1. The zero-order valence-corrected chi connectivity index (χ0v) is 16.2. The fourth-order valence-electron chi connectivity index (χ4n) is 2.41. The largest absolute Gasteiger partial charge is 0.494 e. The maximum Gasteiger partial charge on any atom is 0.303 e. The van der Waals surface area contributed by atoms with Gasteiger partial charge in [-0.2, -0.15) is 0 Å². The van der Waals surface area contributed by atoms with Crippen LogP contribution in [0.15, 0.2) is 42.5 Å². The molecule has 0 heterocycles. The average molecular weight is 387 g/mol. The van der Waals surface area contributed by atoms with Gasteiger partial charge in [0.15, 0.2) is 11.5 Å². The highest BCUT2D eigenvalue weighted by Gasteiger charge is 2.12. The lowest BCUT2D eigenvalue weighted by atomic mass is 10.1. The van der Waals surface area contributed by atoms with Crippen molar-refractivity contribution < 1.29 is 28.9 Å². The quantitative estimate of drug-likeness (QED) is 0.599. The van der Waals surface area contributed by atoms with Crippen LogP contribution in [0.2, 0.25) is 0 Å². The van der Waals surface area contributed by atoms with Crippen LogP contribution in [0.3, 0.4) is 0 Å². The van der Waals surface area contributed by atoms with Crippen LogP contribution in [0.5, 0.6) is 17.2 Å². The van der Waals surface area contributed by atoms with E-state index >= 15 is 0 Å². The third kappa shape index (κ3) is 6.50. The summed E-state index contributed by atoms with van der Waals surface area (Å²) < 4.78 is 16.4. The van der Waals surface area contributed by atoms with Gasteiger partial charge in [-0.15, -0.1) is 0 Å². The van der Waals surface area contributed by atoms with E-state index in [1.165, 1.54) is 7.11 Å². The van der Waals surface area contributed by atoms with Crippen LogP contribution in [0.4, 0.5) is 5.69 Å². The van der Waals surface area contributed by atoms with Gasteiger partial charge in [0.25, 0.3) is 5.91 Å². The summed E-state index contributed by atoms with van der Waals surface area (Å²) in [4.78, 5) is 23.0. The van der Waals surface area contributed by atoms with Crippen molar-refractivity contribution in [2.24, 2.45) is 0 Å². The standard InChI is InChI=1S/C21H25NO6/c1-14(2)28-18-11-6-15(13-19(18)26-3)21(25)22-16-7-9-17(10-8-16)27-12-4-5-20(23)24/h6-11,13-14H,4-5,12H2,1-3H3,(H,22,25)(H,23,24). The summed E-state index contributed by atoms with van der Waals surface area (Å²) in [6.45, 7) is 4.15. The molecule has 0 unspecified atom stereocenters. The van der Waals surface area contributed by atoms with E-state index in [1.54, 1.807) is 42.5 Å². The molecule has 2 rings (SSSR count). The lowest BCUT2D eigenvalue weighted by Crippen LogP contribution is -2.13. The van der Waals surface area contributed by atoms with Gasteiger partial charge in [-0.05, 0) is 62.7 Å². The summed E-state index contributed by atoms with van der Waals surface area (Å²) in [5.74, 6) is 0.566. The van der Waals surface area contributed by atoms with Crippen LogP contribution in [-0.2, 0) is 4.79 Å². The highest BCUT2D eigenvalue weighted by atomic mass is 16.5. The molecule has 0 bridgehead atoms. The molecule has 7 heteroatoms. The molecule has 0 radical (unpaired) electrons. The molecule has 0 aliphatic carbocycles. The minimum absolute atomic E-state index is 0.00145. The number of benzene rings is 2. The van der Waals surface area contributed by atoms with Gasteiger partial charge in [0.05, 0.1) is 19.8 Å².